The number of quaternary nitrogens is 1. The standard InChI is InChI=1S/C65H119N2O6P/c1-6-8-10-12-14-16-18-20-22-24-26-28-29-30-31-32-33-34-35-36-37-39-41-43-45-47-49-51-53-55-57-59-65(69)66-63(62-73-74(70,71)72-61-60-67(3,4)5)64(68)58-56-54-52-50-48-46-44-42-40-38-27-25-23-21-19-17-15-13-11-9-7-2/h8,10,14,16,20,22,26,28,30-31,33-34,56,58,63-64,68H,6-7,9,11-13,15,17-19,21,23-25,27,29,32,35-55,57,59-62H2,1-5H3,(H-,66,69,70,71)/p+1/b10-8-,16-14-,22-20-,28-26-,31-30-,34-33-,58-56+. The molecule has 0 fully saturated rings. The van der Waals surface area contributed by atoms with Crippen LogP contribution in [0.4, 0.5) is 0 Å². The molecule has 430 valence electrons. The van der Waals surface area contributed by atoms with Crippen molar-refractivity contribution < 1.29 is 32.9 Å². The molecule has 0 aliphatic carbocycles. The van der Waals surface area contributed by atoms with Gasteiger partial charge in [0.15, 0.2) is 0 Å². The summed E-state index contributed by atoms with van der Waals surface area (Å²) in [5, 5.41) is 14.0. The number of carbonyl (C=O) groups excluding carboxylic acids is 1. The van der Waals surface area contributed by atoms with Crippen LogP contribution in [0.25, 0.3) is 0 Å². The number of phosphoric acid groups is 1. The molecule has 0 aliphatic rings. The maximum Gasteiger partial charge on any atom is 0.472 e. The lowest BCUT2D eigenvalue weighted by Gasteiger charge is -2.25. The highest BCUT2D eigenvalue weighted by atomic mass is 31.2. The summed E-state index contributed by atoms with van der Waals surface area (Å²) in [6.45, 7) is 4.72. The molecule has 0 bridgehead atoms. The highest BCUT2D eigenvalue weighted by Crippen LogP contribution is 2.43. The fourth-order valence-corrected chi connectivity index (χ4v) is 9.55. The van der Waals surface area contributed by atoms with Crippen molar-refractivity contribution in [3.05, 3.63) is 85.1 Å². The minimum absolute atomic E-state index is 0.0586. The zero-order chi connectivity index (χ0) is 54.2. The first-order chi connectivity index (χ1) is 36.0. The third kappa shape index (κ3) is 57.4. The van der Waals surface area contributed by atoms with Crippen molar-refractivity contribution >= 4 is 13.7 Å². The van der Waals surface area contributed by atoms with Gasteiger partial charge in [0.25, 0.3) is 0 Å². The molecule has 0 saturated carbocycles. The Labute approximate surface area is 458 Å². The molecule has 8 nitrogen and oxygen atoms in total. The third-order valence-corrected chi connectivity index (χ3v) is 14.6. The molecule has 0 aromatic rings. The van der Waals surface area contributed by atoms with Crippen molar-refractivity contribution in [2.75, 3.05) is 40.9 Å². The first-order valence-corrected chi connectivity index (χ1v) is 32.5. The van der Waals surface area contributed by atoms with Crippen molar-refractivity contribution in [1.29, 1.82) is 0 Å². The van der Waals surface area contributed by atoms with Crippen molar-refractivity contribution in [3.8, 4) is 0 Å². The Morgan fingerprint density at radius 3 is 1.19 bits per heavy atom. The van der Waals surface area contributed by atoms with E-state index in [1.165, 1.54) is 173 Å². The van der Waals surface area contributed by atoms with Crippen LogP contribution < -0.4 is 5.32 Å². The maximum absolute atomic E-state index is 13.0. The number of rotatable bonds is 56. The summed E-state index contributed by atoms with van der Waals surface area (Å²) in [5.41, 5.74) is 0. The van der Waals surface area contributed by atoms with Gasteiger partial charge in [-0.3, -0.25) is 13.8 Å². The number of amides is 1. The zero-order valence-electron chi connectivity index (χ0n) is 49.1. The maximum atomic E-state index is 13.0. The first-order valence-electron chi connectivity index (χ1n) is 31.0. The van der Waals surface area contributed by atoms with Gasteiger partial charge in [0, 0.05) is 6.42 Å². The van der Waals surface area contributed by atoms with Crippen LogP contribution in [-0.2, 0) is 18.4 Å². The van der Waals surface area contributed by atoms with E-state index in [0.29, 0.717) is 17.4 Å². The average Bonchev–Trinajstić information content (AvgIpc) is 3.36. The second-order valence-electron chi connectivity index (χ2n) is 22.1. The van der Waals surface area contributed by atoms with Gasteiger partial charge in [-0.1, -0.05) is 279 Å². The lowest BCUT2D eigenvalue weighted by Crippen LogP contribution is -2.45. The Morgan fingerprint density at radius 2 is 0.811 bits per heavy atom. The molecule has 3 N–H and O–H groups in total. The van der Waals surface area contributed by atoms with E-state index in [-0.39, 0.29) is 19.1 Å². The summed E-state index contributed by atoms with van der Waals surface area (Å²) < 4.78 is 23.8. The van der Waals surface area contributed by atoms with Crippen LogP contribution in [0.15, 0.2) is 85.1 Å². The molecular formula is C65H120N2O6P+. The molecule has 74 heavy (non-hydrogen) atoms. The van der Waals surface area contributed by atoms with Gasteiger partial charge in [-0.2, -0.15) is 0 Å². The van der Waals surface area contributed by atoms with Crippen LogP contribution in [0, 0.1) is 0 Å². The molecule has 0 aromatic carbocycles. The van der Waals surface area contributed by atoms with Crippen LogP contribution in [-0.4, -0.2) is 73.4 Å². The third-order valence-electron chi connectivity index (χ3n) is 13.6. The summed E-state index contributed by atoms with van der Waals surface area (Å²) in [7, 11) is 1.57. The minimum atomic E-state index is -4.35. The number of nitrogens with one attached hydrogen (secondary N) is 1. The lowest BCUT2D eigenvalue weighted by molar-refractivity contribution is -0.870. The molecule has 3 unspecified atom stereocenters. The van der Waals surface area contributed by atoms with E-state index in [0.717, 1.165) is 77.0 Å². The second kappa shape index (κ2) is 55.4. The zero-order valence-corrected chi connectivity index (χ0v) is 50.0. The molecule has 9 heteroatoms. The largest absolute Gasteiger partial charge is 0.472 e. The van der Waals surface area contributed by atoms with Crippen LogP contribution in [0.3, 0.4) is 0 Å². The summed E-state index contributed by atoms with van der Waals surface area (Å²) in [6.07, 6.45) is 78.3. The van der Waals surface area contributed by atoms with Gasteiger partial charge in [-0.15, -0.1) is 0 Å². The molecule has 0 heterocycles. The smallest absolute Gasteiger partial charge is 0.387 e. The summed E-state index contributed by atoms with van der Waals surface area (Å²) in [5.74, 6) is -0.180. The lowest BCUT2D eigenvalue weighted by atomic mass is 10.0. The number of likely N-dealkylation sites (N-methyl/N-ethyl adjacent to an activating group) is 1. The highest BCUT2D eigenvalue weighted by molar-refractivity contribution is 7.47. The van der Waals surface area contributed by atoms with Crippen molar-refractivity contribution in [2.45, 2.75) is 283 Å². The van der Waals surface area contributed by atoms with E-state index in [2.05, 4.69) is 92.1 Å². The number of aliphatic hydroxyl groups excluding tert-OH is 1. The van der Waals surface area contributed by atoms with Gasteiger partial charge in [-0.05, 0) is 70.6 Å². The Morgan fingerprint density at radius 1 is 0.473 bits per heavy atom. The molecule has 0 aromatic heterocycles. The Bertz CT molecular complexity index is 1480. The molecule has 0 radical (unpaired) electrons. The number of nitrogens with zero attached hydrogens (tertiary/aromatic N) is 1. The average molecular weight is 1060 g/mol. The number of hydrogen-bond acceptors (Lipinski definition) is 5. The van der Waals surface area contributed by atoms with Crippen LogP contribution in [0.2, 0.25) is 0 Å². The second-order valence-corrected chi connectivity index (χ2v) is 23.5. The van der Waals surface area contributed by atoms with E-state index >= 15 is 0 Å². The van der Waals surface area contributed by atoms with Gasteiger partial charge in [-0.25, -0.2) is 4.57 Å². The summed E-state index contributed by atoms with van der Waals surface area (Å²) in [6, 6.07) is -0.853. The normalized spacial score (nSPS) is 14.4. The number of carbonyl (C=O) groups is 1. The number of hydrogen-bond donors (Lipinski definition) is 3. The van der Waals surface area contributed by atoms with Gasteiger partial charge in [0.2, 0.25) is 5.91 Å². The monoisotopic (exact) mass is 1060 g/mol. The quantitative estimate of drug-likeness (QED) is 0.0243. The van der Waals surface area contributed by atoms with Crippen molar-refractivity contribution in [2.24, 2.45) is 0 Å². The van der Waals surface area contributed by atoms with E-state index < -0.39 is 20.0 Å². The summed E-state index contributed by atoms with van der Waals surface area (Å²) >= 11 is 0. The van der Waals surface area contributed by atoms with E-state index in [9.17, 15) is 19.4 Å². The SMILES string of the molecule is CC/C=C\C/C=C\C/C=C\C/C=C\C/C=C\C/C=C\CCCCCCCCCCCCCCC(=O)NC(COP(=O)(O)OCC[N+](C)(C)C)C(O)/C=C/CCCCCCCCCCCCCCCCCCCCC. The Hall–Kier alpha value is -2.32. The molecule has 0 rings (SSSR count). The van der Waals surface area contributed by atoms with E-state index in [1.54, 1.807) is 6.08 Å². The van der Waals surface area contributed by atoms with Crippen LogP contribution in [0.5, 0.6) is 0 Å². The minimum Gasteiger partial charge on any atom is -0.387 e. The van der Waals surface area contributed by atoms with E-state index in [1.807, 2.05) is 27.2 Å². The van der Waals surface area contributed by atoms with Crippen LogP contribution in [0.1, 0.15) is 271 Å². The molecular weight excluding hydrogens is 936 g/mol. The van der Waals surface area contributed by atoms with Gasteiger partial charge in [0.05, 0.1) is 39.9 Å². The first kappa shape index (κ1) is 71.7. The molecule has 3 atom stereocenters. The fourth-order valence-electron chi connectivity index (χ4n) is 8.81. The molecule has 0 spiro atoms. The highest BCUT2D eigenvalue weighted by Gasteiger charge is 2.27. The van der Waals surface area contributed by atoms with Gasteiger partial charge >= 0.3 is 7.82 Å². The van der Waals surface area contributed by atoms with Crippen molar-refractivity contribution in [3.63, 3.8) is 0 Å². The number of phosphoric ester groups is 1. The number of allylic oxidation sites excluding steroid dienone is 13. The van der Waals surface area contributed by atoms with Gasteiger partial charge in [0.1, 0.15) is 13.2 Å². The fraction of sp³-hybridized carbons (Fsp3) is 0.769. The molecule has 1 amide bonds. The summed E-state index contributed by atoms with van der Waals surface area (Å²) in [4.78, 5) is 23.4. The molecule has 0 saturated heterocycles. The van der Waals surface area contributed by atoms with Gasteiger partial charge < -0.3 is 19.8 Å². The molecule has 0 aliphatic heterocycles. The van der Waals surface area contributed by atoms with Crippen LogP contribution >= 0.6 is 7.82 Å². The number of unbranched alkanes of at least 4 members (excludes halogenated alkanes) is 31. The van der Waals surface area contributed by atoms with E-state index in [4.69, 9.17) is 9.05 Å². The topological polar surface area (TPSA) is 105 Å². The van der Waals surface area contributed by atoms with Crippen molar-refractivity contribution in [1.82, 2.24) is 5.32 Å². The number of aliphatic hydroxyl groups is 1. The Balaban J connectivity index is 4.17. The predicted molar refractivity (Wildman–Crippen MR) is 323 cm³/mol. The Kier molecular flexibility index (Phi) is 53.7. The predicted octanol–water partition coefficient (Wildman–Crippen LogP) is 19.2.